The largest absolute Gasteiger partial charge is 2.00 e. The van der Waals surface area contributed by atoms with Crippen LogP contribution in [0.1, 0.15) is 0 Å². The summed E-state index contributed by atoms with van der Waals surface area (Å²) in [5.74, 6) is 0. The van der Waals surface area contributed by atoms with Gasteiger partial charge < -0.3 is 23.6 Å². The van der Waals surface area contributed by atoms with Gasteiger partial charge in [-0.15, -0.1) is 0 Å². The minimum atomic E-state index is 0. The van der Waals surface area contributed by atoms with E-state index >= 15 is 0 Å². The van der Waals surface area contributed by atoms with Gasteiger partial charge >= 0.3 is 19.5 Å². The smallest absolute Gasteiger partial charge is 1.00 e. The van der Waals surface area contributed by atoms with Crippen molar-refractivity contribution in [1.82, 2.24) is 0 Å². The van der Waals surface area contributed by atoms with Crippen LogP contribution in [-0.2, 0) is 19.5 Å². The molecule has 0 saturated carbocycles. The molecule has 0 spiro atoms. The first-order valence-corrected chi connectivity index (χ1v) is 0.552. The van der Waals surface area contributed by atoms with Crippen molar-refractivity contribution < 1.29 is 40.8 Å². The Morgan fingerprint density at radius 2 is 1.60 bits per heavy atom. The van der Waals surface area contributed by atoms with Crippen LogP contribution in [0.5, 0.6) is 0 Å². The number of hydrogen-bond donors (Lipinski definition) is 0. The molecule has 0 nitrogen and oxygen atoms in total. The van der Waals surface area contributed by atoms with Crippen LogP contribution in [0.15, 0.2) is 6.33 Å². The van der Waals surface area contributed by atoms with Crippen molar-refractivity contribution in [1.29, 1.82) is 0 Å². The van der Waals surface area contributed by atoms with Crippen LogP contribution in [0.2, 0.25) is 0 Å². The third-order valence-electron chi connectivity index (χ3n) is 0. The van der Waals surface area contributed by atoms with E-state index in [0.29, 0.717) is 0 Å². The maximum atomic E-state index is 9.94. The van der Waals surface area contributed by atoms with Gasteiger partial charge in [-0.1, -0.05) is 6.33 Å². The Labute approximate surface area is 54.0 Å². The van der Waals surface area contributed by atoms with Gasteiger partial charge in [0.15, 0.2) is 0 Å². The van der Waals surface area contributed by atoms with E-state index in [2.05, 4.69) is 6.58 Å². The second-order valence-electron chi connectivity index (χ2n) is 0.126. The normalized spacial score (nSPS) is 2.60. The van der Waals surface area contributed by atoms with Gasteiger partial charge in [0.2, 0.25) is 0 Å². The number of rotatable bonds is 0. The molecule has 0 aromatic rings. The molecule has 0 aromatic carbocycles. The SMILES string of the molecule is [Br-].[CH-]=CF.[Zn+2]. The molecule has 0 amide bonds. The summed E-state index contributed by atoms with van der Waals surface area (Å²) in [6, 6.07) is 0. The topological polar surface area (TPSA) is 0 Å². The molecule has 0 saturated heterocycles. The molecule has 0 unspecified atom stereocenters. The van der Waals surface area contributed by atoms with Crippen molar-refractivity contribution >= 4 is 0 Å². The molecule has 0 aliphatic rings. The molecular weight excluding hydrogens is 188 g/mol. The summed E-state index contributed by atoms with van der Waals surface area (Å²) in [5, 5.41) is 0. The van der Waals surface area contributed by atoms with Gasteiger partial charge in [-0.2, -0.15) is 0 Å². The van der Waals surface area contributed by atoms with E-state index < -0.39 is 0 Å². The van der Waals surface area contributed by atoms with Crippen molar-refractivity contribution in [2.24, 2.45) is 0 Å². The van der Waals surface area contributed by atoms with Crippen LogP contribution >= 0.6 is 0 Å². The summed E-state index contributed by atoms with van der Waals surface area (Å²) in [6.45, 7) is 4.06. The summed E-state index contributed by atoms with van der Waals surface area (Å²) < 4.78 is 9.94. The van der Waals surface area contributed by atoms with Crippen molar-refractivity contribution in [2.45, 2.75) is 0 Å². The third kappa shape index (κ3) is 61.4. The molecule has 5 heavy (non-hydrogen) atoms. The average molecular weight is 190 g/mol. The Kier molecular flexibility index (Phi) is 73.9. The Bertz CT molecular complexity index is 17.1. The molecule has 0 aliphatic heterocycles. The Balaban J connectivity index is -0.0000000200. The average Bonchev–Trinajstić information content (AvgIpc) is 0.918. The van der Waals surface area contributed by atoms with Gasteiger partial charge in [0.05, 0.1) is 0 Å². The van der Waals surface area contributed by atoms with Gasteiger partial charge in [0.25, 0.3) is 0 Å². The zero-order chi connectivity index (χ0) is 2.71. The summed E-state index contributed by atoms with van der Waals surface area (Å²) in [5.41, 5.74) is 0. The summed E-state index contributed by atoms with van der Waals surface area (Å²) >= 11 is 0. The second-order valence-corrected chi connectivity index (χ2v) is 0.126. The van der Waals surface area contributed by atoms with Gasteiger partial charge in [-0.3, -0.25) is 4.39 Å². The molecule has 0 radical (unpaired) electrons. The first-order valence-electron chi connectivity index (χ1n) is 0.552. The Hall–Kier alpha value is 0.773. The Morgan fingerprint density at radius 3 is 1.60 bits per heavy atom. The molecule has 26 valence electrons. The maximum absolute atomic E-state index is 9.94. The fourth-order valence-corrected chi connectivity index (χ4v) is 0. The molecule has 0 fully saturated rings. The van der Waals surface area contributed by atoms with Crippen LogP contribution in [-0.4, -0.2) is 0 Å². The zero-order valence-electron chi connectivity index (χ0n) is 2.62. The second kappa shape index (κ2) is 21.6. The predicted octanol–water partition coefficient (Wildman–Crippen LogP) is -2.10. The third-order valence-corrected chi connectivity index (χ3v) is 0. The van der Waals surface area contributed by atoms with E-state index in [1.165, 1.54) is 0 Å². The molecular formula is C2H2BrFZn. The van der Waals surface area contributed by atoms with Crippen molar-refractivity contribution in [3.05, 3.63) is 12.9 Å². The molecule has 3 heteroatoms. The van der Waals surface area contributed by atoms with Crippen molar-refractivity contribution in [2.75, 3.05) is 0 Å². The van der Waals surface area contributed by atoms with Gasteiger partial charge in [0.1, 0.15) is 0 Å². The Morgan fingerprint density at radius 1 is 1.60 bits per heavy atom. The van der Waals surface area contributed by atoms with E-state index in [-0.39, 0.29) is 42.8 Å². The first-order chi connectivity index (χ1) is 1.41. The van der Waals surface area contributed by atoms with E-state index in [0.717, 1.165) is 0 Å². The van der Waals surface area contributed by atoms with Crippen molar-refractivity contribution in [3.63, 3.8) is 0 Å². The van der Waals surface area contributed by atoms with Crippen LogP contribution < -0.4 is 17.0 Å². The molecule has 0 bridgehead atoms. The van der Waals surface area contributed by atoms with Gasteiger partial charge in [0, 0.05) is 0 Å². The van der Waals surface area contributed by atoms with Gasteiger partial charge in [-0.25, -0.2) is 0 Å². The summed E-state index contributed by atoms with van der Waals surface area (Å²) in [7, 11) is 0. The molecule has 0 aromatic heterocycles. The van der Waals surface area contributed by atoms with E-state index in [4.69, 9.17) is 0 Å². The molecule has 0 N–H and O–H groups in total. The molecule has 0 rings (SSSR count). The zero-order valence-corrected chi connectivity index (χ0v) is 7.17. The fourth-order valence-electron chi connectivity index (χ4n) is 0. The molecule has 0 atom stereocenters. The van der Waals surface area contributed by atoms with E-state index in [1.807, 2.05) is 0 Å². The summed E-state index contributed by atoms with van der Waals surface area (Å²) in [4.78, 5) is 0. The standard InChI is InChI=1S/C2H2F.BrH.Zn/c1-2-3;;/h1-2H;1H;/q-1;;+2/p-1. The fraction of sp³-hybridized carbons (Fsp3) is 0. The number of halogens is 2. The summed E-state index contributed by atoms with van der Waals surface area (Å²) in [6.07, 6.45) is 0. The van der Waals surface area contributed by atoms with E-state index in [9.17, 15) is 4.39 Å². The molecule has 0 heterocycles. The quantitative estimate of drug-likeness (QED) is 0.303. The van der Waals surface area contributed by atoms with Crippen LogP contribution in [0.25, 0.3) is 0 Å². The first kappa shape index (κ1) is 17.1. The van der Waals surface area contributed by atoms with Crippen LogP contribution in [0, 0.1) is 6.58 Å². The van der Waals surface area contributed by atoms with Crippen LogP contribution in [0.3, 0.4) is 0 Å². The monoisotopic (exact) mass is 188 g/mol. The molecule has 0 aliphatic carbocycles. The predicted molar refractivity (Wildman–Crippen MR) is 9.98 cm³/mol. The van der Waals surface area contributed by atoms with Gasteiger partial charge in [-0.05, 0) is 0 Å². The number of hydrogen-bond acceptors (Lipinski definition) is 0. The minimum Gasteiger partial charge on any atom is -1.00 e. The van der Waals surface area contributed by atoms with Crippen molar-refractivity contribution in [3.8, 4) is 0 Å². The van der Waals surface area contributed by atoms with Crippen LogP contribution in [0.4, 0.5) is 4.39 Å². The van der Waals surface area contributed by atoms with E-state index in [1.54, 1.807) is 0 Å². The minimum absolute atomic E-state index is 0. The maximum Gasteiger partial charge on any atom is 2.00 e.